The van der Waals surface area contributed by atoms with E-state index in [1.807, 2.05) is 18.2 Å². The van der Waals surface area contributed by atoms with Gasteiger partial charge in [-0.2, -0.15) is 0 Å². The first-order chi connectivity index (χ1) is 20.4. The van der Waals surface area contributed by atoms with Crippen LogP contribution in [0.1, 0.15) is 43.4 Å². The monoisotopic (exact) mass is 670 g/mol. The number of nitrogens with zero attached hydrogens (tertiary/aromatic N) is 2. The van der Waals surface area contributed by atoms with Gasteiger partial charge in [-0.3, -0.25) is 0 Å². The molecule has 0 amide bonds. The Hall–Kier alpha value is -2.08. The normalized spacial score (nSPS) is 27.7. The van der Waals surface area contributed by atoms with Gasteiger partial charge in [0.05, 0.1) is 18.8 Å². The molecule has 3 aliphatic rings. The van der Waals surface area contributed by atoms with Crippen molar-refractivity contribution in [3.05, 3.63) is 81.5 Å². The minimum atomic E-state index is -2.40. The number of benzene rings is 2. The minimum absolute atomic E-state index is 0.00501. The lowest BCUT2D eigenvalue weighted by Gasteiger charge is -2.50. The van der Waals surface area contributed by atoms with Gasteiger partial charge in [-0.25, -0.2) is 4.98 Å². The highest BCUT2D eigenvalue weighted by Crippen LogP contribution is 2.73. The molecule has 0 spiro atoms. The average molecular weight is 672 g/mol. The maximum absolute atomic E-state index is 7.72. The molecule has 3 aromatic rings. The van der Waals surface area contributed by atoms with Crippen LogP contribution >= 0.6 is 23.2 Å². The van der Waals surface area contributed by atoms with E-state index in [2.05, 4.69) is 102 Å². The summed E-state index contributed by atoms with van der Waals surface area (Å²) >= 11 is 13.2. The van der Waals surface area contributed by atoms with Gasteiger partial charge in [-0.05, 0) is 73.2 Å². The van der Waals surface area contributed by atoms with E-state index < -0.39 is 33.9 Å². The number of ether oxygens (including phenoxy) is 2. The minimum Gasteiger partial charge on any atom is -0.481 e. The smallest absolute Gasteiger partial charge is 0.224 e. The molecule has 1 saturated carbocycles. The van der Waals surface area contributed by atoms with Gasteiger partial charge in [-0.1, -0.05) is 68.2 Å². The molecule has 0 unspecified atom stereocenters. The third-order valence-electron chi connectivity index (χ3n) is 10.1. The number of pyridine rings is 1. The van der Waals surface area contributed by atoms with Crippen molar-refractivity contribution < 1.29 is 18.3 Å². The van der Waals surface area contributed by atoms with Gasteiger partial charge in [-0.15, -0.1) is 0 Å². The van der Waals surface area contributed by atoms with Crippen molar-refractivity contribution in [2.75, 3.05) is 25.6 Å². The number of aromatic nitrogens is 1. The van der Waals surface area contributed by atoms with Crippen LogP contribution in [-0.2, 0) is 20.1 Å². The van der Waals surface area contributed by atoms with Crippen LogP contribution in [0, 0.1) is 5.92 Å². The van der Waals surface area contributed by atoms with Gasteiger partial charge in [0.1, 0.15) is 10.9 Å². The molecule has 0 saturated heterocycles. The molecule has 10 heteroatoms. The first kappa shape index (κ1) is 31.9. The van der Waals surface area contributed by atoms with Crippen LogP contribution in [0.4, 0.5) is 5.69 Å². The number of rotatable bonds is 6. The molecule has 44 heavy (non-hydrogen) atoms. The summed E-state index contributed by atoms with van der Waals surface area (Å²) in [5, 5.41) is 0.912. The summed E-state index contributed by atoms with van der Waals surface area (Å²) in [7, 11) is -0.967. The first-order valence-corrected chi connectivity index (χ1v) is 22.4. The van der Waals surface area contributed by atoms with Crippen LogP contribution < -0.4 is 14.4 Å². The fourth-order valence-electron chi connectivity index (χ4n) is 7.45. The highest BCUT2D eigenvalue weighted by Gasteiger charge is 2.80. The standard InChI is InChI=1S/C34H44Cl2N2O4Si2/c1-32(2,3)44(9,10)41-30-25-20-38(4)24-13-11-12-21(18-24)28(25)33(22-14-16-23(35)17-15-22)34(30,42-43(6,7)8)29-26(40-33)19-27(36)37-31(29)39-5/h11-19,25,28,30H,20H2,1-10H3/t25-,28-,30-,33+,34+/m1/s1. The molecule has 2 aliphatic heterocycles. The Kier molecular flexibility index (Phi) is 7.59. The Morgan fingerprint density at radius 2 is 1.68 bits per heavy atom. The molecule has 6 nitrogen and oxygen atoms in total. The SMILES string of the molecule is COc1nc(Cl)cc2c1[C@]1(O[Si](C)(C)C)[C@H](O[Si](C)(C)C(C)(C)C)[C@@H]3CN(C)c4cccc(c4)[C@H]3[C@]1(c1ccc(Cl)cc1)O2. The second-order valence-corrected chi connectivity index (χ2v) is 25.0. The van der Waals surface area contributed by atoms with E-state index in [-0.39, 0.29) is 16.9 Å². The summed E-state index contributed by atoms with van der Waals surface area (Å²) in [5.41, 5.74) is 1.95. The number of methoxy groups -OCH3 is 1. The van der Waals surface area contributed by atoms with E-state index in [1.54, 1.807) is 7.11 Å². The molecule has 6 rings (SSSR count). The summed E-state index contributed by atoms with van der Waals surface area (Å²) in [6.45, 7) is 18.9. The van der Waals surface area contributed by atoms with Crippen LogP contribution in [-0.4, -0.2) is 48.4 Å². The van der Waals surface area contributed by atoms with Gasteiger partial charge in [0.25, 0.3) is 0 Å². The topological polar surface area (TPSA) is 53.0 Å². The van der Waals surface area contributed by atoms with Gasteiger partial charge in [0.15, 0.2) is 27.8 Å². The summed E-state index contributed by atoms with van der Waals surface area (Å²) in [6, 6.07) is 18.7. The van der Waals surface area contributed by atoms with Crippen LogP contribution in [0.25, 0.3) is 0 Å². The maximum atomic E-state index is 7.72. The second-order valence-electron chi connectivity index (χ2n) is 15.0. The highest BCUT2D eigenvalue weighted by atomic mass is 35.5. The zero-order chi connectivity index (χ0) is 32.0. The third kappa shape index (κ3) is 4.66. The Labute approximate surface area is 274 Å². The molecule has 1 aromatic heterocycles. The number of hydrogen-bond acceptors (Lipinski definition) is 6. The number of halogens is 2. The molecule has 2 aromatic carbocycles. The molecular weight excluding hydrogens is 627 g/mol. The summed E-state index contributed by atoms with van der Waals surface area (Å²) in [6.07, 6.45) is -0.398. The lowest BCUT2D eigenvalue weighted by molar-refractivity contribution is -0.135. The quantitative estimate of drug-likeness (QED) is 0.193. The largest absolute Gasteiger partial charge is 0.481 e. The van der Waals surface area contributed by atoms with Crippen LogP contribution in [0.5, 0.6) is 11.6 Å². The van der Waals surface area contributed by atoms with Crippen molar-refractivity contribution in [1.82, 2.24) is 4.98 Å². The Balaban J connectivity index is 1.79. The predicted octanol–water partition coefficient (Wildman–Crippen LogP) is 8.99. The second kappa shape index (κ2) is 10.5. The van der Waals surface area contributed by atoms with Crippen molar-refractivity contribution in [3.63, 3.8) is 0 Å². The number of anilines is 1. The highest BCUT2D eigenvalue weighted by molar-refractivity contribution is 6.74. The van der Waals surface area contributed by atoms with E-state index in [0.717, 1.165) is 17.7 Å². The van der Waals surface area contributed by atoms with Crippen molar-refractivity contribution in [2.45, 2.75) is 81.8 Å². The third-order valence-corrected chi connectivity index (χ3v) is 15.9. The van der Waals surface area contributed by atoms with Crippen molar-refractivity contribution in [2.24, 2.45) is 5.92 Å². The van der Waals surface area contributed by atoms with Crippen molar-refractivity contribution in [1.29, 1.82) is 0 Å². The van der Waals surface area contributed by atoms with E-state index in [4.69, 9.17) is 46.5 Å². The number of fused-ring (bicyclic) bond motifs is 8. The summed E-state index contributed by atoms with van der Waals surface area (Å²) in [4.78, 5) is 7.06. The molecule has 2 bridgehead atoms. The molecular formula is C34H44Cl2N2O4Si2. The summed E-state index contributed by atoms with van der Waals surface area (Å²) in [5.74, 6) is 0.875. The van der Waals surface area contributed by atoms with E-state index >= 15 is 0 Å². The average Bonchev–Trinajstić information content (AvgIpc) is 3.26. The molecule has 0 N–H and O–H groups in total. The molecule has 1 aliphatic carbocycles. The Morgan fingerprint density at radius 3 is 2.30 bits per heavy atom. The zero-order valence-electron chi connectivity index (χ0n) is 27.4. The molecule has 236 valence electrons. The van der Waals surface area contributed by atoms with Crippen LogP contribution in [0.3, 0.4) is 0 Å². The van der Waals surface area contributed by atoms with Gasteiger partial charge in [0.2, 0.25) is 5.88 Å². The lowest BCUT2D eigenvalue weighted by Crippen LogP contribution is -2.60. The van der Waals surface area contributed by atoms with Gasteiger partial charge < -0.3 is 23.2 Å². The van der Waals surface area contributed by atoms with E-state index in [0.29, 0.717) is 21.8 Å². The lowest BCUT2D eigenvalue weighted by atomic mass is 9.71. The maximum Gasteiger partial charge on any atom is 0.224 e. The molecule has 0 radical (unpaired) electrons. The zero-order valence-corrected chi connectivity index (χ0v) is 30.9. The van der Waals surface area contributed by atoms with Gasteiger partial charge in [0, 0.05) is 42.2 Å². The predicted molar refractivity (Wildman–Crippen MR) is 184 cm³/mol. The number of hydrogen-bond donors (Lipinski definition) is 0. The molecule has 1 fully saturated rings. The van der Waals surface area contributed by atoms with E-state index in [9.17, 15) is 0 Å². The van der Waals surface area contributed by atoms with Crippen LogP contribution in [0.2, 0.25) is 47.9 Å². The van der Waals surface area contributed by atoms with Crippen LogP contribution in [0.15, 0.2) is 54.6 Å². The summed E-state index contributed by atoms with van der Waals surface area (Å²) < 4.78 is 29.0. The van der Waals surface area contributed by atoms with E-state index in [1.165, 1.54) is 11.3 Å². The first-order valence-electron chi connectivity index (χ1n) is 15.3. The molecule has 5 atom stereocenters. The molecule has 3 heterocycles. The van der Waals surface area contributed by atoms with Crippen molar-refractivity contribution >= 4 is 45.5 Å². The Bertz CT molecular complexity index is 1590. The Morgan fingerprint density at radius 1 is 1.00 bits per heavy atom. The van der Waals surface area contributed by atoms with Gasteiger partial charge >= 0.3 is 0 Å². The fraction of sp³-hybridized carbons (Fsp3) is 0.500. The fourth-order valence-corrected chi connectivity index (χ4v) is 10.4. The van der Waals surface area contributed by atoms with Crippen molar-refractivity contribution in [3.8, 4) is 11.6 Å².